The summed E-state index contributed by atoms with van der Waals surface area (Å²) in [5.41, 5.74) is 3.19. The standard InChI is InChI=1S/C16H15Cl2N3/c1-11(17)16-20-14-3-2-13(18)10-15(14)21(16)9-6-12-4-7-19-8-5-12/h2-5,7-8,10-11H,6,9H2,1H3. The number of benzene rings is 1. The number of nitrogens with zero attached hydrogens (tertiary/aromatic N) is 3. The number of pyridine rings is 1. The van der Waals surface area contributed by atoms with E-state index in [-0.39, 0.29) is 5.38 Å². The number of aromatic nitrogens is 3. The van der Waals surface area contributed by atoms with Gasteiger partial charge in [-0.2, -0.15) is 0 Å². The van der Waals surface area contributed by atoms with Crippen LogP contribution in [0.4, 0.5) is 0 Å². The molecule has 3 rings (SSSR count). The fraction of sp³-hybridized carbons (Fsp3) is 0.250. The molecule has 0 amide bonds. The highest BCUT2D eigenvalue weighted by molar-refractivity contribution is 6.31. The quantitative estimate of drug-likeness (QED) is 0.656. The van der Waals surface area contributed by atoms with Crippen molar-refractivity contribution < 1.29 is 0 Å². The third-order valence-corrected chi connectivity index (χ3v) is 3.90. The average Bonchev–Trinajstić information content (AvgIpc) is 2.84. The second-order valence-electron chi connectivity index (χ2n) is 4.98. The Morgan fingerprint density at radius 2 is 1.95 bits per heavy atom. The normalized spacial score (nSPS) is 12.7. The molecule has 108 valence electrons. The predicted octanol–water partition coefficient (Wildman–Crippen LogP) is 4.63. The molecule has 0 N–H and O–H groups in total. The molecule has 0 radical (unpaired) electrons. The third kappa shape index (κ3) is 3.04. The van der Waals surface area contributed by atoms with Gasteiger partial charge in [-0.05, 0) is 49.2 Å². The maximum Gasteiger partial charge on any atom is 0.127 e. The molecule has 0 aliphatic heterocycles. The fourth-order valence-electron chi connectivity index (χ4n) is 2.44. The third-order valence-electron chi connectivity index (χ3n) is 3.47. The second-order valence-corrected chi connectivity index (χ2v) is 6.07. The van der Waals surface area contributed by atoms with Gasteiger partial charge in [0.05, 0.1) is 16.4 Å². The van der Waals surface area contributed by atoms with Crippen molar-refractivity contribution in [1.29, 1.82) is 0 Å². The van der Waals surface area contributed by atoms with E-state index in [0.717, 1.165) is 29.8 Å². The van der Waals surface area contributed by atoms with E-state index in [1.54, 1.807) is 0 Å². The van der Waals surface area contributed by atoms with Crippen molar-refractivity contribution in [2.24, 2.45) is 0 Å². The van der Waals surface area contributed by atoms with E-state index in [0.29, 0.717) is 5.02 Å². The van der Waals surface area contributed by atoms with Crippen molar-refractivity contribution in [3.63, 3.8) is 0 Å². The van der Waals surface area contributed by atoms with Crippen LogP contribution in [-0.2, 0) is 13.0 Å². The molecular formula is C16H15Cl2N3. The molecule has 1 unspecified atom stereocenters. The van der Waals surface area contributed by atoms with E-state index in [4.69, 9.17) is 23.2 Å². The maximum absolute atomic E-state index is 6.27. The average molecular weight is 320 g/mol. The van der Waals surface area contributed by atoms with Crippen LogP contribution in [0.2, 0.25) is 5.02 Å². The summed E-state index contributed by atoms with van der Waals surface area (Å²) in [7, 11) is 0. The zero-order valence-electron chi connectivity index (χ0n) is 11.6. The molecule has 2 heterocycles. The molecule has 0 saturated carbocycles. The van der Waals surface area contributed by atoms with Gasteiger partial charge in [0.2, 0.25) is 0 Å². The molecule has 1 aromatic carbocycles. The van der Waals surface area contributed by atoms with Crippen LogP contribution in [-0.4, -0.2) is 14.5 Å². The summed E-state index contributed by atoms with van der Waals surface area (Å²) in [6, 6.07) is 9.78. The van der Waals surface area contributed by atoms with Crippen LogP contribution in [0.25, 0.3) is 11.0 Å². The Balaban J connectivity index is 1.98. The molecule has 3 aromatic rings. The second kappa shape index (κ2) is 6.04. The summed E-state index contributed by atoms with van der Waals surface area (Å²) in [6.07, 6.45) is 4.52. The fourth-order valence-corrected chi connectivity index (χ4v) is 2.78. The molecule has 2 aromatic heterocycles. The van der Waals surface area contributed by atoms with Crippen LogP contribution in [0.3, 0.4) is 0 Å². The molecule has 0 aliphatic carbocycles. The molecule has 3 nitrogen and oxygen atoms in total. The summed E-state index contributed by atoms with van der Waals surface area (Å²) in [5.74, 6) is 0.878. The highest BCUT2D eigenvalue weighted by Crippen LogP contribution is 2.26. The number of fused-ring (bicyclic) bond motifs is 1. The lowest BCUT2D eigenvalue weighted by Crippen LogP contribution is -2.07. The zero-order chi connectivity index (χ0) is 14.8. The Labute approximate surface area is 133 Å². The summed E-state index contributed by atoms with van der Waals surface area (Å²) >= 11 is 12.4. The first-order chi connectivity index (χ1) is 10.1. The van der Waals surface area contributed by atoms with Gasteiger partial charge in [0.25, 0.3) is 0 Å². The molecule has 1 atom stereocenters. The van der Waals surface area contributed by atoms with Gasteiger partial charge >= 0.3 is 0 Å². The van der Waals surface area contributed by atoms with E-state index in [1.807, 2.05) is 49.6 Å². The van der Waals surface area contributed by atoms with Gasteiger partial charge in [-0.25, -0.2) is 4.98 Å². The SMILES string of the molecule is CC(Cl)c1nc2ccc(Cl)cc2n1CCc1ccncc1. The van der Waals surface area contributed by atoms with Crippen LogP contribution in [0, 0.1) is 0 Å². The van der Waals surface area contributed by atoms with Crippen LogP contribution in [0.15, 0.2) is 42.7 Å². The van der Waals surface area contributed by atoms with Gasteiger partial charge in [-0.1, -0.05) is 11.6 Å². The Morgan fingerprint density at radius 1 is 1.19 bits per heavy atom. The topological polar surface area (TPSA) is 30.7 Å². The van der Waals surface area contributed by atoms with E-state index >= 15 is 0 Å². The predicted molar refractivity (Wildman–Crippen MR) is 87.0 cm³/mol. The lowest BCUT2D eigenvalue weighted by molar-refractivity contribution is 0.668. The first-order valence-corrected chi connectivity index (χ1v) is 7.65. The molecule has 5 heteroatoms. The van der Waals surface area contributed by atoms with Crippen molar-refractivity contribution in [3.8, 4) is 0 Å². The van der Waals surface area contributed by atoms with Crippen LogP contribution in [0.1, 0.15) is 23.7 Å². The number of aryl methyl sites for hydroxylation is 2. The number of hydrogen-bond donors (Lipinski definition) is 0. The minimum atomic E-state index is -0.145. The van der Waals surface area contributed by atoms with Crippen LogP contribution >= 0.6 is 23.2 Å². The number of imidazole rings is 1. The molecule has 0 saturated heterocycles. The van der Waals surface area contributed by atoms with Gasteiger partial charge in [-0.3, -0.25) is 4.98 Å². The molecular weight excluding hydrogens is 305 g/mol. The van der Waals surface area contributed by atoms with Gasteiger partial charge in [0.15, 0.2) is 0 Å². The molecule has 21 heavy (non-hydrogen) atoms. The van der Waals surface area contributed by atoms with Crippen LogP contribution in [0.5, 0.6) is 0 Å². The van der Waals surface area contributed by atoms with Gasteiger partial charge in [0, 0.05) is 24.0 Å². The Morgan fingerprint density at radius 3 is 2.67 bits per heavy atom. The van der Waals surface area contributed by atoms with Crippen molar-refractivity contribution in [1.82, 2.24) is 14.5 Å². The van der Waals surface area contributed by atoms with E-state index < -0.39 is 0 Å². The smallest absolute Gasteiger partial charge is 0.127 e. The summed E-state index contributed by atoms with van der Waals surface area (Å²) in [4.78, 5) is 8.67. The first kappa shape index (κ1) is 14.4. The van der Waals surface area contributed by atoms with Crippen LogP contribution < -0.4 is 0 Å². The van der Waals surface area contributed by atoms with Crippen molar-refractivity contribution in [2.45, 2.75) is 25.3 Å². The summed E-state index contributed by atoms with van der Waals surface area (Å²) in [6.45, 7) is 2.75. The monoisotopic (exact) mass is 319 g/mol. The lowest BCUT2D eigenvalue weighted by atomic mass is 10.2. The number of rotatable bonds is 4. The number of hydrogen-bond acceptors (Lipinski definition) is 2. The highest BCUT2D eigenvalue weighted by Gasteiger charge is 2.15. The molecule has 0 bridgehead atoms. The Kier molecular flexibility index (Phi) is 4.13. The Bertz CT molecular complexity index is 751. The number of alkyl halides is 1. The van der Waals surface area contributed by atoms with Gasteiger partial charge in [0.1, 0.15) is 5.82 Å². The lowest BCUT2D eigenvalue weighted by Gasteiger charge is -2.10. The van der Waals surface area contributed by atoms with Crippen molar-refractivity contribution in [3.05, 3.63) is 59.1 Å². The number of halogens is 2. The van der Waals surface area contributed by atoms with E-state index in [2.05, 4.69) is 14.5 Å². The summed E-state index contributed by atoms with van der Waals surface area (Å²) in [5, 5.41) is 0.565. The molecule has 0 fully saturated rings. The summed E-state index contributed by atoms with van der Waals surface area (Å²) < 4.78 is 2.15. The minimum Gasteiger partial charge on any atom is -0.326 e. The first-order valence-electron chi connectivity index (χ1n) is 6.84. The van der Waals surface area contributed by atoms with E-state index in [9.17, 15) is 0 Å². The minimum absolute atomic E-state index is 0.145. The van der Waals surface area contributed by atoms with Crippen molar-refractivity contribution >= 4 is 34.2 Å². The maximum atomic E-state index is 6.27. The Hall–Kier alpha value is -1.58. The molecule has 0 spiro atoms. The zero-order valence-corrected chi connectivity index (χ0v) is 13.1. The van der Waals surface area contributed by atoms with E-state index in [1.165, 1.54) is 5.56 Å². The molecule has 0 aliphatic rings. The largest absolute Gasteiger partial charge is 0.326 e. The highest BCUT2D eigenvalue weighted by atomic mass is 35.5. The van der Waals surface area contributed by atoms with Gasteiger partial charge in [-0.15, -0.1) is 11.6 Å². The van der Waals surface area contributed by atoms with Crippen molar-refractivity contribution in [2.75, 3.05) is 0 Å². The van der Waals surface area contributed by atoms with Gasteiger partial charge < -0.3 is 4.57 Å².